The van der Waals surface area contributed by atoms with E-state index in [2.05, 4.69) is 4.74 Å². The third kappa shape index (κ3) is 3.35. The Balaban J connectivity index is 2.40. The molecule has 0 radical (unpaired) electrons. The molecule has 0 spiro atoms. The van der Waals surface area contributed by atoms with Crippen LogP contribution in [0.3, 0.4) is 0 Å². The van der Waals surface area contributed by atoms with Gasteiger partial charge in [0.2, 0.25) is 0 Å². The molecule has 0 unspecified atom stereocenters. The van der Waals surface area contributed by atoms with Crippen molar-refractivity contribution >= 4 is 6.16 Å². The quantitative estimate of drug-likeness (QED) is 0.747. The second-order valence-electron chi connectivity index (χ2n) is 2.71. The van der Waals surface area contributed by atoms with Crippen molar-refractivity contribution in [3.05, 3.63) is 29.8 Å². The predicted molar refractivity (Wildman–Crippen MR) is 50.7 cm³/mol. The molecule has 1 N–H and O–H groups in total. The summed E-state index contributed by atoms with van der Waals surface area (Å²) in [7, 11) is 1.60. The standard InChI is InChI=1S/C10H12O4/c1-13-9-4-2-8(3-5-9)6-7-14-10(11)12/h2-5H,6-7H2,1H3,(H,11,12). The molecule has 1 aromatic carbocycles. The Morgan fingerprint density at radius 2 is 2.00 bits per heavy atom. The SMILES string of the molecule is COc1ccc(CCOC(=O)O)cc1. The van der Waals surface area contributed by atoms with Crippen molar-refractivity contribution in [2.24, 2.45) is 0 Å². The van der Waals surface area contributed by atoms with Gasteiger partial charge in [0.25, 0.3) is 0 Å². The van der Waals surface area contributed by atoms with Gasteiger partial charge in [-0.15, -0.1) is 0 Å². The van der Waals surface area contributed by atoms with Crippen LogP contribution in [0.25, 0.3) is 0 Å². The Bertz CT molecular complexity index is 291. The molecule has 0 aliphatic heterocycles. The summed E-state index contributed by atoms with van der Waals surface area (Å²) in [5, 5.41) is 8.23. The van der Waals surface area contributed by atoms with Crippen molar-refractivity contribution in [1.82, 2.24) is 0 Å². The number of benzene rings is 1. The van der Waals surface area contributed by atoms with Gasteiger partial charge in [-0.25, -0.2) is 4.79 Å². The molecule has 14 heavy (non-hydrogen) atoms. The van der Waals surface area contributed by atoms with Gasteiger partial charge in [0.15, 0.2) is 0 Å². The van der Waals surface area contributed by atoms with Gasteiger partial charge in [-0.2, -0.15) is 0 Å². The number of rotatable bonds is 4. The van der Waals surface area contributed by atoms with Crippen molar-refractivity contribution in [3.63, 3.8) is 0 Å². The molecular formula is C10H12O4. The summed E-state index contributed by atoms with van der Waals surface area (Å²) in [5.41, 5.74) is 1.02. The average Bonchev–Trinajstić information content (AvgIpc) is 2.18. The first kappa shape index (κ1) is 10.4. The van der Waals surface area contributed by atoms with Crippen molar-refractivity contribution < 1.29 is 19.4 Å². The van der Waals surface area contributed by atoms with E-state index in [9.17, 15) is 4.79 Å². The highest BCUT2D eigenvalue weighted by Crippen LogP contribution is 2.11. The molecule has 0 atom stereocenters. The molecule has 1 aromatic rings. The van der Waals surface area contributed by atoms with E-state index in [0.717, 1.165) is 11.3 Å². The second kappa shape index (κ2) is 5.11. The minimum Gasteiger partial charge on any atom is -0.497 e. The van der Waals surface area contributed by atoms with E-state index in [-0.39, 0.29) is 6.61 Å². The Labute approximate surface area is 82.1 Å². The third-order valence-corrected chi connectivity index (χ3v) is 1.78. The van der Waals surface area contributed by atoms with Crippen molar-refractivity contribution in [2.75, 3.05) is 13.7 Å². The van der Waals surface area contributed by atoms with E-state index in [4.69, 9.17) is 9.84 Å². The van der Waals surface area contributed by atoms with Gasteiger partial charge < -0.3 is 14.6 Å². The molecule has 0 aliphatic carbocycles. The maximum Gasteiger partial charge on any atom is 0.505 e. The molecule has 0 saturated carbocycles. The zero-order chi connectivity index (χ0) is 10.4. The summed E-state index contributed by atoms with van der Waals surface area (Å²) >= 11 is 0. The lowest BCUT2D eigenvalue weighted by Gasteiger charge is -2.02. The van der Waals surface area contributed by atoms with Crippen LogP contribution in [0.4, 0.5) is 4.79 Å². The third-order valence-electron chi connectivity index (χ3n) is 1.78. The molecule has 0 aromatic heterocycles. The van der Waals surface area contributed by atoms with E-state index >= 15 is 0 Å². The van der Waals surface area contributed by atoms with Crippen LogP contribution in [0.1, 0.15) is 5.56 Å². The minimum atomic E-state index is -1.24. The molecule has 0 fully saturated rings. The summed E-state index contributed by atoms with van der Waals surface area (Å²) in [6.45, 7) is 0.182. The van der Waals surface area contributed by atoms with Gasteiger partial charge in [-0.1, -0.05) is 12.1 Å². The number of hydrogen-bond donors (Lipinski definition) is 1. The highest BCUT2D eigenvalue weighted by Gasteiger charge is 1.98. The van der Waals surface area contributed by atoms with Crippen molar-refractivity contribution in [3.8, 4) is 5.75 Å². The molecule has 0 bridgehead atoms. The molecule has 1 rings (SSSR count). The number of hydrogen-bond acceptors (Lipinski definition) is 3. The van der Waals surface area contributed by atoms with Gasteiger partial charge >= 0.3 is 6.16 Å². The van der Waals surface area contributed by atoms with Gasteiger partial charge in [-0.05, 0) is 17.7 Å². The zero-order valence-electron chi connectivity index (χ0n) is 7.90. The lowest BCUT2D eigenvalue weighted by molar-refractivity contribution is 0.0927. The van der Waals surface area contributed by atoms with Gasteiger partial charge in [0.1, 0.15) is 5.75 Å². The number of carboxylic acid groups (broad SMARTS) is 1. The predicted octanol–water partition coefficient (Wildman–Crippen LogP) is 1.93. The summed E-state index contributed by atoms with van der Waals surface area (Å²) < 4.78 is 9.37. The highest BCUT2D eigenvalue weighted by molar-refractivity contribution is 5.56. The van der Waals surface area contributed by atoms with Crippen LogP contribution in [0.2, 0.25) is 0 Å². The van der Waals surface area contributed by atoms with E-state index in [1.807, 2.05) is 24.3 Å². The largest absolute Gasteiger partial charge is 0.505 e. The summed E-state index contributed by atoms with van der Waals surface area (Å²) in [5.74, 6) is 0.785. The summed E-state index contributed by atoms with van der Waals surface area (Å²) in [6, 6.07) is 7.42. The molecule has 0 saturated heterocycles. The Kier molecular flexibility index (Phi) is 3.79. The van der Waals surface area contributed by atoms with Crippen LogP contribution in [0.15, 0.2) is 24.3 Å². The molecule has 0 aliphatic rings. The first-order chi connectivity index (χ1) is 6.72. The average molecular weight is 196 g/mol. The fraction of sp³-hybridized carbons (Fsp3) is 0.300. The second-order valence-corrected chi connectivity index (χ2v) is 2.71. The molecule has 4 heteroatoms. The lowest BCUT2D eigenvalue weighted by atomic mass is 10.1. The van der Waals surface area contributed by atoms with Gasteiger partial charge in [0.05, 0.1) is 13.7 Å². The summed E-state index contributed by atoms with van der Waals surface area (Å²) in [4.78, 5) is 10.0. The maximum atomic E-state index is 10.0. The van der Waals surface area contributed by atoms with Crippen LogP contribution in [-0.2, 0) is 11.2 Å². The topological polar surface area (TPSA) is 55.8 Å². The Morgan fingerprint density at radius 3 is 2.50 bits per heavy atom. The van der Waals surface area contributed by atoms with Crippen molar-refractivity contribution in [1.29, 1.82) is 0 Å². The van der Waals surface area contributed by atoms with Crippen LogP contribution in [0.5, 0.6) is 5.75 Å². The maximum absolute atomic E-state index is 10.0. The fourth-order valence-electron chi connectivity index (χ4n) is 1.05. The molecule has 0 amide bonds. The first-order valence-electron chi connectivity index (χ1n) is 4.21. The first-order valence-corrected chi connectivity index (χ1v) is 4.21. The van der Waals surface area contributed by atoms with Crippen LogP contribution < -0.4 is 4.74 Å². The molecular weight excluding hydrogens is 184 g/mol. The van der Waals surface area contributed by atoms with Gasteiger partial charge in [0, 0.05) is 6.42 Å². The van der Waals surface area contributed by atoms with Crippen LogP contribution in [0, 0.1) is 0 Å². The van der Waals surface area contributed by atoms with Crippen molar-refractivity contribution in [2.45, 2.75) is 6.42 Å². The van der Waals surface area contributed by atoms with Gasteiger partial charge in [-0.3, -0.25) is 0 Å². The monoisotopic (exact) mass is 196 g/mol. The smallest absolute Gasteiger partial charge is 0.497 e. The van der Waals surface area contributed by atoms with E-state index < -0.39 is 6.16 Å². The van der Waals surface area contributed by atoms with E-state index in [1.54, 1.807) is 7.11 Å². The van der Waals surface area contributed by atoms with E-state index in [1.165, 1.54) is 0 Å². The number of carbonyl (C=O) groups is 1. The van der Waals surface area contributed by atoms with Crippen LogP contribution in [-0.4, -0.2) is 25.0 Å². The molecule has 0 heterocycles. The minimum absolute atomic E-state index is 0.182. The van der Waals surface area contributed by atoms with E-state index in [0.29, 0.717) is 6.42 Å². The lowest BCUT2D eigenvalue weighted by Crippen LogP contribution is -2.04. The van der Waals surface area contributed by atoms with Crippen LogP contribution >= 0.6 is 0 Å². The fourth-order valence-corrected chi connectivity index (χ4v) is 1.05. The zero-order valence-corrected chi connectivity index (χ0v) is 7.90. The summed E-state index contributed by atoms with van der Waals surface area (Å²) in [6.07, 6.45) is -0.658. The number of methoxy groups -OCH3 is 1. The normalized spacial score (nSPS) is 9.50. The molecule has 4 nitrogen and oxygen atoms in total. The highest BCUT2D eigenvalue weighted by atomic mass is 16.7. The Hall–Kier alpha value is -1.71. The Morgan fingerprint density at radius 1 is 1.36 bits per heavy atom. The molecule has 76 valence electrons. The number of ether oxygens (including phenoxy) is 2.